The maximum absolute atomic E-state index is 12.1. The largest absolute Gasteiger partial charge is 0.573 e. The van der Waals surface area contributed by atoms with Crippen LogP contribution in [0, 0.1) is 0 Å². The van der Waals surface area contributed by atoms with Gasteiger partial charge in [0.25, 0.3) is 0 Å². The Balaban J connectivity index is 1.88. The third kappa shape index (κ3) is 7.18. The number of nitrogens with zero attached hydrogens (tertiary/aromatic N) is 1. The van der Waals surface area contributed by atoms with E-state index in [9.17, 15) is 18.0 Å². The van der Waals surface area contributed by atoms with E-state index in [1.54, 1.807) is 7.05 Å². The van der Waals surface area contributed by atoms with Gasteiger partial charge in [0.1, 0.15) is 11.5 Å². The van der Waals surface area contributed by atoms with E-state index in [0.717, 1.165) is 23.4 Å². The van der Waals surface area contributed by atoms with Gasteiger partial charge in [-0.1, -0.05) is 18.2 Å². The molecule has 2 rings (SSSR count). The Labute approximate surface area is 155 Å². The fraction of sp³-hybridized carbons (Fsp3) is 0.316. The minimum absolute atomic E-state index is 0.112. The van der Waals surface area contributed by atoms with Crippen molar-refractivity contribution < 1.29 is 27.4 Å². The molecule has 5 nitrogen and oxygen atoms in total. The van der Waals surface area contributed by atoms with E-state index < -0.39 is 6.36 Å². The molecule has 27 heavy (non-hydrogen) atoms. The highest BCUT2D eigenvalue weighted by Crippen LogP contribution is 2.24. The SMILES string of the molecule is CCOc1ccccc1CN(C)CC(=O)Nc1ccc(OC(F)(F)F)cc1. The Morgan fingerprint density at radius 1 is 1.11 bits per heavy atom. The number of anilines is 1. The van der Waals surface area contributed by atoms with Crippen LogP contribution >= 0.6 is 0 Å². The highest BCUT2D eigenvalue weighted by atomic mass is 19.4. The Hall–Kier alpha value is -2.74. The molecule has 0 aliphatic rings. The van der Waals surface area contributed by atoms with Gasteiger partial charge >= 0.3 is 6.36 Å². The fourth-order valence-corrected chi connectivity index (χ4v) is 2.46. The highest BCUT2D eigenvalue weighted by molar-refractivity contribution is 5.92. The molecular weight excluding hydrogens is 361 g/mol. The molecule has 0 unspecified atom stereocenters. The topological polar surface area (TPSA) is 50.8 Å². The number of nitrogens with one attached hydrogen (secondary N) is 1. The van der Waals surface area contributed by atoms with Gasteiger partial charge in [0, 0.05) is 17.8 Å². The standard InChI is InChI=1S/C19H21F3N2O3/c1-3-26-17-7-5-4-6-14(17)12-24(2)13-18(25)23-15-8-10-16(11-9-15)27-19(20,21)22/h4-11H,3,12-13H2,1-2H3,(H,23,25). The summed E-state index contributed by atoms with van der Waals surface area (Å²) in [5.74, 6) is 0.147. The number of carbonyl (C=O) groups is 1. The number of hydrogen-bond acceptors (Lipinski definition) is 4. The van der Waals surface area contributed by atoms with Gasteiger partial charge in [-0.05, 0) is 44.3 Å². The van der Waals surface area contributed by atoms with E-state index in [4.69, 9.17) is 4.74 Å². The minimum atomic E-state index is -4.74. The van der Waals surface area contributed by atoms with Gasteiger partial charge in [0.05, 0.1) is 13.2 Å². The summed E-state index contributed by atoms with van der Waals surface area (Å²) in [5.41, 5.74) is 1.35. The van der Waals surface area contributed by atoms with E-state index in [1.807, 2.05) is 36.1 Å². The molecule has 2 aromatic carbocycles. The molecule has 0 spiro atoms. The molecular formula is C19H21F3N2O3. The third-order valence-electron chi connectivity index (χ3n) is 3.50. The molecule has 0 saturated heterocycles. The van der Waals surface area contributed by atoms with Crippen molar-refractivity contribution in [1.29, 1.82) is 0 Å². The van der Waals surface area contributed by atoms with Crippen molar-refractivity contribution in [2.24, 2.45) is 0 Å². The first-order valence-electron chi connectivity index (χ1n) is 8.31. The smallest absolute Gasteiger partial charge is 0.494 e. The van der Waals surface area contributed by atoms with Gasteiger partial charge in [-0.15, -0.1) is 13.2 Å². The molecule has 1 amide bonds. The molecule has 0 saturated carbocycles. The van der Waals surface area contributed by atoms with Crippen molar-refractivity contribution in [2.45, 2.75) is 19.8 Å². The van der Waals surface area contributed by atoms with Crippen molar-refractivity contribution >= 4 is 11.6 Å². The van der Waals surface area contributed by atoms with Crippen LogP contribution in [0.5, 0.6) is 11.5 Å². The second-order valence-electron chi connectivity index (χ2n) is 5.83. The molecule has 0 aromatic heterocycles. The summed E-state index contributed by atoms with van der Waals surface area (Å²) >= 11 is 0. The van der Waals surface area contributed by atoms with E-state index in [2.05, 4.69) is 10.1 Å². The Morgan fingerprint density at radius 3 is 2.41 bits per heavy atom. The molecule has 0 heterocycles. The van der Waals surface area contributed by atoms with Gasteiger partial charge in [-0.3, -0.25) is 9.69 Å². The van der Waals surface area contributed by atoms with Crippen molar-refractivity contribution in [3.63, 3.8) is 0 Å². The number of para-hydroxylation sites is 1. The van der Waals surface area contributed by atoms with Gasteiger partial charge < -0.3 is 14.8 Å². The van der Waals surface area contributed by atoms with Crippen molar-refractivity contribution in [3.05, 3.63) is 54.1 Å². The van der Waals surface area contributed by atoms with Crippen LogP contribution in [-0.4, -0.2) is 37.4 Å². The van der Waals surface area contributed by atoms with Crippen LogP contribution in [0.25, 0.3) is 0 Å². The van der Waals surface area contributed by atoms with Crippen molar-refractivity contribution in [3.8, 4) is 11.5 Å². The van der Waals surface area contributed by atoms with Crippen LogP contribution in [-0.2, 0) is 11.3 Å². The van der Waals surface area contributed by atoms with Crippen LogP contribution < -0.4 is 14.8 Å². The Morgan fingerprint density at radius 2 is 1.78 bits per heavy atom. The summed E-state index contributed by atoms with van der Waals surface area (Å²) in [6.07, 6.45) is -4.74. The maximum atomic E-state index is 12.1. The predicted octanol–water partition coefficient (Wildman–Crippen LogP) is 4.05. The first-order chi connectivity index (χ1) is 12.8. The number of ether oxygens (including phenoxy) is 2. The quantitative estimate of drug-likeness (QED) is 0.748. The van der Waals surface area contributed by atoms with Crippen molar-refractivity contribution in [1.82, 2.24) is 4.90 Å². The number of rotatable bonds is 8. The molecule has 0 atom stereocenters. The molecule has 2 aromatic rings. The second kappa shape index (κ2) is 9.27. The van der Waals surface area contributed by atoms with Crippen LogP contribution in [0.3, 0.4) is 0 Å². The predicted molar refractivity (Wildman–Crippen MR) is 95.7 cm³/mol. The van der Waals surface area contributed by atoms with E-state index in [-0.39, 0.29) is 18.2 Å². The number of hydrogen-bond donors (Lipinski definition) is 1. The zero-order valence-corrected chi connectivity index (χ0v) is 15.0. The summed E-state index contributed by atoms with van der Waals surface area (Å²) in [5, 5.41) is 2.64. The molecule has 0 aliphatic heterocycles. The van der Waals surface area contributed by atoms with Crippen LogP contribution in [0.4, 0.5) is 18.9 Å². The average Bonchev–Trinajstić information content (AvgIpc) is 2.57. The fourth-order valence-electron chi connectivity index (χ4n) is 2.46. The molecule has 0 fully saturated rings. The third-order valence-corrected chi connectivity index (χ3v) is 3.50. The summed E-state index contributed by atoms with van der Waals surface area (Å²) in [4.78, 5) is 14.0. The number of likely N-dealkylation sites (N-methyl/N-ethyl adjacent to an activating group) is 1. The van der Waals surface area contributed by atoms with Crippen LogP contribution in [0.15, 0.2) is 48.5 Å². The van der Waals surface area contributed by atoms with Gasteiger partial charge in [-0.2, -0.15) is 0 Å². The zero-order chi connectivity index (χ0) is 19.9. The molecule has 0 aliphatic carbocycles. The second-order valence-corrected chi connectivity index (χ2v) is 5.83. The van der Waals surface area contributed by atoms with Gasteiger partial charge in [0.15, 0.2) is 0 Å². The lowest BCUT2D eigenvalue weighted by Crippen LogP contribution is -2.30. The number of benzene rings is 2. The van der Waals surface area contributed by atoms with Gasteiger partial charge in [0.2, 0.25) is 5.91 Å². The summed E-state index contributed by atoms with van der Waals surface area (Å²) in [6, 6.07) is 12.6. The minimum Gasteiger partial charge on any atom is -0.494 e. The molecule has 146 valence electrons. The van der Waals surface area contributed by atoms with Crippen molar-refractivity contribution in [2.75, 3.05) is 25.5 Å². The zero-order valence-electron chi connectivity index (χ0n) is 15.0. The molecule has 0 bridgehead atoms. The van der Waals surface area contributed by atoms with E-state index in [0.29, 0.717) is 18.8 Å². The lowest BCUT2D eigenvalue weighted by Gasteiger charge is -2.18. The number of halogens is 3. The van der Waals surface area contributed by atoms with Crippen LogP contribution in [0.2, 0.25) is 0 Å². The first kappa shape index (κ1) is 20.6. The molecule has 1 N–H and O–H groups in total. The summed E-state index contributed by atoms with van der Waals surface area (Å²) in [7, 11) is 1.79. The van der Waals surface area contributed by atoms with Gasteiger partial charge in [-0.25, -0.2) is 0 Å². The van der Waals surface area contributed by atoms with E-state index >= 15 is 0 Å². The van der Waals surface area contributed by atoms with Crippen LogP contribution in [0.1, 0.15) is 12.5 Å². The monoisotopic (exact) mass is 382 g/mol. The molecule has 0 radical (unpaired) electrons. The average molecular weight is 382 g/mol. The Kier molecular flexibility index (Phi) is 7.06. The number of amides is 1. The number of carbonyl (C=O) groups excluding carboxylic acids is 1. The van der Waals surface area contributed by atoms with E-state index in [1.165, 1.54) is 12.1 Å². The Bertz CT molecular complexity index is 749. The first-order valence-corrected chi connectivity index (χ1v) is 8.31. The number of alkyl halides is 3. The highest BCUT2D eigenvalue weighted by Gasteiger charge is 2.30. The lowest BCUT2D eigenvalue weighted by molar-refractivity contribution is -0.274. The molecule has 8 heteroatoms. The normalized spacial score (nSPS) is 11.3. The maximum Gasteiger partial charge on any atom is 0.573 e. The lowest BCUT2D eigenvalue weighted by atomic mass is 10.2. The summed E-state index contributed by atoms with van der Waals surface area (Å²) < 4.78 is 45.8. The summed E-state index contributed by atoms with van der Waals surface area (Å²) in [6.45, 7) is 3.08.